The summed E-state index contributed by atoms with van der Waals surface area (Å²) in [5, 5.41) is 1.81. The molecule has 31 heavy (non-hydrogen) atoms. The smallest absolute Gasteiger partial charge is 0.329 e. The number of carbonyl (C=O) groups excluding carboxylic acids is 1. The van der Waals surface area contributed by atoms with Crippen molar-refractivity contribution in [2.24, 2.45) is 17.6 Å². The van der Waals surface area contributed by atoms with Crippen LogP contribution >= 0.6 is 0 Å². The van der Waals surface area contributed by atoms with Gasteiger partial charge in [-0.15, -0.1) is 0 Å². The van der Waals surface area contributed by atoms with Gasteiger partial charge in [-0.05, 0) is 30.7 Å². The first-order valence-corrected chi connectivity index (χ1v) is 11.0. The number of aromatic nitrogens is 2. The number of fused-ring (bicyclic) bond motifs is 1. The van der Waals surface area contributed by atoms with E-state index in [0.717, 1.165) is 47.7 Å². The molecule has 3 N–H and O–H groups in total. The maximum Gasteiger partial charge on any atom is 0.329 e. The van der Waals surface area contributed by atoms with Gasteiger partial charge in [-0.1, -0.05) is 6.92 Å². The highest BCUT2D eigenvalue weighted by Gasteiger charge is 2.28. The lowest BCUT2D eigenvalue weighted by atomic mass is 9.85. The Hall–Kier alpha value is -2.70. The molecule has 0 radical (unpaired) electrons. The number of piperidine rings is 1. The Morgan fingerprint density at radius 1 is 1.32 bits per heavy atom. The SMILES string of the molecule is COc1cc2ncnc(N3CCC(C(C)CN(NS(=O)[O-])C(N)=O)CC3)c2cc1OC. The average molecular weight is 452 g/mol. The number of nitrogens with two attached hydrogens (primary N) is 1. The lowest BCUT2D eigenvalue weighted by Crippen LogP contribution is -2.50. The molecule has 11 nitrogen and oxygen atoms in total. The molecule has 1 aromatic carbocycles. The summed E-state index contributed by atoms with van der Waals surface area (Å²) in [5.74, 6) is 2.43. The number of nitrogens with zero attached hydrogens (tertiary/aromatic N) is 4. The van der Waals surface area contributed by atoms with Crippen LogP contribution in [0, 0.1) is 11.8 Å². The molecule has 2 amide bonds. The fourth-order valence-electron chi connectivity index (χ4n) is 4.00. The number of carbonyl (C=O) groups is 1. The number of primary amides is 1. The summed E-state index contributed by atoms with van der Waals surface area (Å²) in [4.78, 5) is 24.6. The van der Waals surface area contributed by atoms with Crippen molar-refractivity contribution in [2.45, 2.75) is 19.8 Å². The van der Waals surface area contributed by atoms with Gasteiger partial charge >= 0.3 is 6.03 Å². The molecule has 2 unspecified atom stereocenters. The van der Waals surface area contributed by atoms with Crippen molar-refractivity contribution >= 4 is 34.0 Å². The van der Waals surface area contributed by atoms with Crippen molar-refractivity contribution in [3.8, 4) is 11.5 Å². The highest BCUT2D eigenvalue weighted by atomic mass is 32.2. The second-order valence-corrected chi connectivity index (χ2v) is 8.15. The van der Waals surface area contributed by atoms with Crippen molar-refractivity contribution in [1.29, 1.82) is 0 Å². The van der Waals surface area contributed by atoms with E-state index >= 15 is 0 Å². The van der Waals surface area contributed by atoms with Gasteiger partial charge in [0.15, 0.2) is 11.5 Å². The maximum absolute atomic E-state index is 11.5. The van der Waals surface area contributed by atoms with E-state index in [1.807, 2.05) is 19.1 Å². The predicted octanol–water partition coefficient (Wildman–Crippen LogP) is 1.18. The Balaban J connectivity index is 1.71. The lowest BCUT2D eigenvalue weighted by Gasteiger charge is -2.37. The van der Waals surface area contributed by atoms with Crippen molar-refractivity contribution < 1.29 is 23.0 Å². The van der Waals surface area contributed by atoms with Crippen molar-refractivity contribution in [2.75, 3.05) is 38.8 Å². The first-order chi connectivity index (χ1) is 14.8. The number of nitrogens with one attached hydrogen (secondary N) is 1. The van der Waals surface area contributed by atoms with Gasteiger partial charge < -0.3 is 24.7 Å². The molecule has 2 atom stereocenters. The van der Waals surface area contributed by atoms with E-state index in [2.05, 4.69) is 19.7 Å². The molecule has 0 saturated carbocycles. The third-order valence-electron chi connectivity index (χ3n) is 5.68. The summed E-state index contributed by atoms with van der Waals surface area (Å²) in [7, 11) is 3.17. The Kier molecular flexibility index (Phi) is 7.46. The fraction of sp³-hybridized carbons (Fsp3) is 0.526. The Labute approximate surface area is 183 Å². The Morgan fingerprint density at radius 3 is 2.55 bits per heavy atom. The van der Waals surface area contributed by atoms with Gasteiger partial charge in [-0.3, -0.25) is 4.21 Å². The van der Waals surface area contributed by atoms with Crippen molar-refractivity contribution in [3.63, 3.8) is 0 Å². The number of benzene rings is 1. The van der Waals surface area contributed by atoms with Crippen LogP contribution in [0.4, 0.5) is 10.6 Å². The third-order valence-corrected chi connectivity index (χ3v) is 6.05. The highest BCUT2D eigenvalue weighted by Crippen LogP contribution is 2.36. The largest absolute Gasteiger partial charge is 0.759 e. The first kappa shape index (κ1) is 23.0. The quantitative estimate of drug-likeness (QED) is 0.449. The van der Waals surface area contributed by atoms with Crippen LogP contribution in [0.3, 0.4) is 0 Å². The minimum absolute atomic E-state index is 0.0669. The second-order valence-electron chi connectivity index (χ2n) is 7.50. The molecule has 3 rings (SSSR count). The number of hydrazine groups is 1. The number of rotatable bonds is 8. The van der Waals surface area contributed by atoms with E-state index in [9.17, 15) is 13.6 Å². The van der Waals surface area contributed by atoms with Crippen LogP contribution in [0.2, 0.25) is 0 Å². The predicted molar refractivity (Wildman–Crippen MR) is 115 cm³/mol. The summed E-state index contributed by atoms with van der Waals surface area (Å²) >= 11 is -2.60. The Morgan fingerprint density at radius 2 is 1.97 bits per heavy atom. The van der Waals surface area contributed by atoms with Gasteiger partial charge in [0.1, 0.15) is 12.1 Å². The van der Waals surface area contributed by atoms with E-state index in [0.29, 0.717) is 17.4 Å². The van der Waals surface area contributed by atoms with Crippen LogP contribution in [-0.2, 0) is 11.3 Å². The number of anilines is 1. The molecule has 1 aromatic heterocycles. The van der Waals surface area contributed by atoms with E-state index in [1.54, 1.807) is 14.2 Å². The fourth-order valence-corrected chi connectivity index (χ4v) is 4.35. The number of hydrogen-bond donors (Lipinski definition) is 2. The number of ether oxygens (including phenoxy) is 2. The molecule has 2 heterocycles. The van der Waals surface area contributed by atoms with Crippen LogP contribution in [0.25, 0.3) is 10.9 Å². The number of urea groups is 1. The topological polar surface area (TPSA) is 146 Å². The molecule has 170 valence electrons. The van der Waals surface area contributed by atoms with Crippen LogP contribution in [0.15, 0.2) is 18.5 Å². The van der Waals surface area contributed by atoms with Gasteiger partial charge in [0, 0.05) is 42.4 Å². The van der Waals surface area contributed by atoms with Gasteiger partial charge in [-0.2, -0.15) is 4.83 Å². The molecule has 1 aliphatic rings. The van der Waals surface area contributed by atoms with Gasteiger partial charge in [-0.25, -0.2) is 19.8 Å². The minimum atomic E-state index is -2.60. The molecule has 0 spiro atoms. The molecule has 1 saturated heterocycles. The average Bonchev–Trinajstić information content (AvgIpc) is 2.76. The molecular weight excluding hydrogens is 424 g/mol. The van der Waals surface area contributed by atoms with Crippen LogP contribution in [0.5, 0.6) is 11.5 Å². The van der Waals surface area contributed by atoms with Gasteiger partial charge in [0.25, 0.3) is 0 Å². The van der Waals surface area contributed by atoms with E-state index in [4.69, 9.17) is 15.2 Å². The number of amides is 2. The molecule has 12 heteroatoms. The molecular formula is C19H27N6O5S-. The number of hydrogen-bond acceptors (Lipinski definition) is 8. The molecule has 1 aliphatic heterocycles. The normalized spacial score (nSPS) is 16.7. The highest BCUT2D eigenvalue weighted by molar-refractivity contribution is 7.77. The van der Waals surface area contributed by atoms with Crippen LogP contribution in [0.1, 0.15) is 19.8 Å². The number of methoxy groups -OCH3 is 2. The Bertz CT molecular complexity index is 953. The molecule has 1 fully saturated rings. The zero-order valence-corrected chi connectivity index (χ0v) is 18.6. The first-order valence-electron chi connectivity index (χ1n) is 9.88. The molecule has 0 aliphatic carbocycles. The summed E-state index contributed by atoms with van der Waals surface area (Å²) < 4.78 is 32.5. The maximum atomic E-state index is 11.5. The summed E-state index contributed by atoms with van der Waals surface area (Å²) in [6, 6.07) is 2.89. The third kappa shape index (κ3) is 5.32. The summed E-state index contributed by atoms with van der Waals surface area (Å²) in [6.07, 6.45) is 3.28. The summed E-state index contributed by atoms with van der Waals surface area (Å²) in [6.45, 7) is 3.74. The van der Waals surface area contributed by atoms with Crippen LogP contribution < -0.4 is 24.9 Å². The molecule has 2 aromatic rings. The van der Waals surface area contributed by atoms with Gasteiger partial charge in [0.2, 0.25) is 0 Å². The standard InChI is InChI=1S/C19H28N6O5S/c1-12(10-25(19(20)26)23-31(27)28)13-4-6-24(7-5-13)18-14-8-16(29-2)17(30-3)9-15(14)21-11-22-18/h8-9,11-13,23H,4-7,10H2,1-3H3,(H2,20,26)(H,27,28)/p-1. The second kappa shape index (κ2) is 10.1. The summed E-state index contributed by atoms with van der Waals surface area (Å²) in [5.41, 5.74) is 6.04. The molecule has 0 bridgehead atoms. The zero-order chi connectivity index (χ0) is 22.5. The van der Waals surface area contributed by atoms with Gasteiger partial charge in [0.05, 0.1) is 19.7 Å². The van der Waals surface area contributed by atoms with Crippen LogP contribution in [-0.4, -0.2) is 63.6 Å². The van der Waals surface area contributed by atoms with E-state index < -0.39 is 17.3 Å². The zero-order valence-electron chi connectivity index (χ0n) is 17.7. The lowest BCUT2D eigenvalue weighted by molar-refractivity contribution is 0.166. The van der Waals surface area contributed by atoms with E-state index in [1.165, 1.54) is 6.33 Å². The van der Waals surface area contributed by atoms with Crippen molar-refractivity contribution in [3.05, 3.63) is 18.5 Å². The monoisotopic (exact) mass is 451 g/mol. The van der Waals surface area contributed by atoms with Crippen molar-refractivity contribution in [1.82, 2.24) is 19.8 Å². The van der Waals surface area contributed by atoms with E-state index in [-0.39, 0.29) is 12.5 Å². The minimum Gasteiger partial charge on any atom is -0.759 e.